The fraction of sp³-hybridized carbons (Fsp3) is 0.357. The highest BCUT2D eigenvalue weighted by molar-refractivity contribution is 6.34. The number of nitrogens with zero attached hydrogens (tertiary/aromatic N) is 2. The van der Waals surface area contributed by atoms with Gasteiger partial charge in [-0.05, 0) is 67.3 Å². The van der Waals surface area contributed by atoms with Gasteiger partial charge in [-0.1, -0.05) is 35.3 Å². The van der Waals surface area contributed by atoms with Crippen LogP contribution >= 0.6 is 23.2 Å². The van der Waals surface area contributed by atoms with Crippen molar-refractivity contribution in [2.24, 2.45) is 5.92 Å². The normalized spacial score (nSPS) is 16.1. The van der Waals surface area contributed by atoms with E-state index in [2.05, 4.69) is 5.32 Å². The van der Waals surface area contributed by atoms with Crippen LogP contribution < -0.4 is 15.6 Å². The number of carbonyl (C=O) groups is 1. The maximum absolute atomic E-state index is 13.8. The summed E-state index contributed by atoms with van der Waals surface area (Å²) in [6.07, 6.45) is 5.30. The summed E-state index contributed by atoms with van der Waals surface area (Å²) in [6.45, 7) is 1.64. The number of aromatic nitrogens is 1. The lowest BCUT2D eigenvalue weighted by Crippen LogP contribution is -2.39. The molecule has 1 aliphatic heterocycles. The lowest BCUT2D eigenvalue weighted by molar-refractivity contribution is 0.0713. The predicted molar refractivity (Wildman–Crippen MR) is 144 cm³/mol. The largest absolute Gasteiger partial charge is 0.495 e. The number of carbonyl (C=O) groups excluding carboxylic acids is 1. The third kappa shape index (κ3) is 5.63. The van der Waals surface area contributed by atoms with Crippen molar-refractivity contribution in [1.82, 2.24) is 9.47 Å². The van der Waals surface area contributed by atoms with Gasteiger partial charge in [0.2, 0.25) is 0 Å². The molecule has 1 aromatic heterocycles. The number of benzene rings is 2. The lowest BCUT2D eigenvalue weighted by Gasteiger charge is -2.33. The van der Waals surface area contributed by atoms with Gasteiger partial charge in [-0.3, -0.25) is 9.59 Å². The molecule has 1 saturated heterocycles. The molecule has 37 heavy (non-hydrogen) atoms. The number of amides is 1. The smallest absolute Gasteiger partial charge is 0.271 e. The molecule has 2 aromatic carbocycles. The van der Waals surface area contributed by atoms with Gasteiger partial charge < -0.3 is 19.5 Å². The van der Waals surface area contributed by atoms with Crippen molar-refractivity contribution in [3.8, 4) is 5.75 Å². The van der Waals surface area contributed by atoms with Crippen molar-refractivity contribution >= 4 is 40.5 Å². The number of piperidine rings is 1. The van der Waals surface area contributed by atoms with Crippen LogP contribution in [0.3, 0.4) is 0 Å². The molecule has 5 rings (SSSR count). The molecular weight excluding hydrogens is 516 g/mol. The van der Waals surface area contributed by atoms with E-state index in [-0.39, 0.29) is 33.9 Å². The number of methoxy groups -OCH3 is 1. The van der Waals surface area contributed by atoms with E-state index in [4.69, 9.17) is 27.9 Å². The molecule has 2 heterocycles. The lowest BCUT2D eigenvalue weighted by atomic mass is 9.89. The van der Waals surface area contributed by atoms with Crippen LogP contribution in [0.1, 0.15) is 47.5 Å². The molecule has 194 valence electrons. The number of anilines is 2. The van der Waals surface area contributed by atoms with E-state index in [0.29, 0.717) is 47.6 Å². The van der Waals surface area contributed by atoms with E-state index >= 15 is 0 Å². The first-order valence-corrected chi connectivity index (χ1v) is 13.2. The summed E-state index contributed by atoms with van der Waals surface area (Å²) in [5, 5.41) is 3.59. The minimum atomic E-state index is -0.330. The number of ether oxygens (including phenoxy) is 1. The molecule has 2 aliphatic rings. The number of hydrogen-bond donors (Lipinski definition) is 1. The second kappa shape index (κ2) is 10.8. The second-order valence-corrected chi connectivity index (χ2v) is 10.5. The molecule has 0 atom stereocenters. The molecule has 9 heteroatoms. The van der Waals surface area contributed by atoms with Crippen LogP contribution in [0, 0.1) is 11.7 Å². The van der Waals surface area contributed by atoms with E-state index < -0.39 is 0 Å². The molecule has 0 bridgehead atoms. The quantitative estimate of drug-likeness (QED) is 0.370. The highest BCUT2D eigenvalue weighted by atomic mass is 35.5. The Bertz CT molecular complexity index is 1360. The molecule has 1 amide bonds. The Morgan fingerprint density at radius 2 is 1.78 bits per heavy atom. The first-order valence-electron chi connectivity index (χ1n) is 12.4. The van der Waals surface area contributed by atoms with Gasteiger partial charge in [0.1, 0.15) is 16.6 Å². The molecular formula is C28H28Cl2FN3O3. The minimum Gasteiger partial charge on any atom is -0.495 e. The van der Waals surface area contributed by atoms with Crippen molar-refractivity contribution in [3.63, 3.8) is 0 Å². The highest BCUT2D eigenvalue weighted by Crippen LogP contribution is 2.35. The van der Waals surface area contributed by atoms with Crippen molar-refractivity contribution in [2.45, 2.75) is 38.1 Å². The molecule has 3 aromatic rings. The van der Waals surface area contributed by atoms with Gasteiger partial charge in [0.15, 0.2) is 0 Å². The maximum Gasteiger partial charge on any atom is 0.271 e. The number of hydrogen-bond acceptors (Lipinski definition) is 4. The Balaban J connectivity index is 1.43. The molecule has 1 saturated carbocycles. The van der Waals surface area contributed by atoms with Crippen LogP contribution in [0.2, 0.25) is 10.0 Å². The van der Waals surface area contributed by atoms with E-state index in [1.165, 1.54) is 19.2 Å². The standard InChI is InChI=1S/C28H28Cl2FN3O3/c1-37-24-14-21(8-9-23(24)29)32-26-22(16-34(15-17-2-3-17)28(36)25(26)30)27(35)33-12-10-19(11-13-33)18-4-6-20(31)7-5-18/h4-9,14,16-17,19,32H,2-3,10-13,15H2,1H3. The zero-order chi connectivity index (χ0) is 26.1. The van der Waals surface area contributed by atoms with Gasteiger partial charge in [-0.15, -0.1) is 0 Å². The zero-order valence-corrected chi connectivity index (χ0v) is 22.0. The molecule has 0 unspecified atom stereocenters. The Hall–Kier alpha value is -3.03. The molecule has 2 fully saturated rings. The number of rotatable bonds is 7. The fourth-order valence-corrected chi connectivity index (χ4v) is 5.28. The zero-order valence-electron chi connectivity index (χ0n) is 20.5. The summed E-state index contributed by atoms with van der Waals surface area (Å²) >= 11 is 12.8. The van der Waals surface area contributed by atoms with Gasteiger partial charge >= 0.3 is 0 Å². The molecule has 0 radical (unpaired) electrons. The summed E-state index contributed by atoms with van der Waals surface area (Å²) in [5.41, 5.74) is 1.96. The Labute approximate surface area is 224 Å². The van der Waals surface area contributed by atoms with E-state index in [0.717, 1.165) is 31.2 Å². The topological polar surface area (TPSA) is 63.6 Å². The fourth-order valence-electron chi connectivity index (χ4n) is 4.83. The Morgan fingerprint density at radius 3 is 2.43 bits per heavy atom. The number of likely N-dealkylation sites (tertiary alicyclic amines) is 1. The summed E-state index contributed by atoms with van der Waals surface area (Å²) < 4.78 is 20.2. The minimum absolute atomic E-state index is 0.0263. The molecule has 1 aliphatic carbocycles. The van der Waals surface area contributed by atoms with Crippen molar-refractivity contribution in [1.29, 1.82) is 0 Å². The molecule has 6 nitrogen and oxygen atoms in total. The van der Waals surface area contributed by atoms with Crippen LogP contribution in [0.5, 0.6) is 5.75 Å². The predicted octanol–water partition coefficient (Wildman–Crippen LogP) is 6.48. The average molecular weight is 544 g/mol. The van der Waals surface area contributed by atoms with Crippen LogP contribution in [0.15, 0.2) is 53.5 Å². The molecule has 0 spiro atoms. The third-order valence-electron chi connectivity index (χ3n) is 7.15. The number of halogens is 3. The van der Waals surface area contributed by atoms with Gasteiger partial charge in [-0.2, -0.15) is 0 Å². The SMILES string of the molecule is COc1cc(Nc2c(C(=O)N3CCC(c4ccc(F)cc4)CC3)cn(CC3CC3)c(=O)c2Cl)ccc1Cl. The number of nitrogens with one attached hydrogen (secondary N) is 1. The van der Waals surface area contributed by atoms with Crippen LogP contribution in [0.25, 0.3) is 0 Å². The summed E-state index contributed by atoms with van der Waals surface area (Å²) in [6, 6.07) is 11.7. The van der Waals surface area contributed by atoms with Crippen LogP contribution in [-0.2, 0) is 6.54 Å². The average Bonchev–Trinajstić information content (AvgIpc) is 3.73. The van der Waals surface area contributed by atoms with Gasteiger partial charge in [0.25, 0.3) is 11.5 Å². The van der Waals surface area contributed by atoms with Gasteiger partial charge in [0.05, 0.1) is 23.4 Å². The van der Waals surface area contributed by atoms with Crippen LogP contribution in [-0.4, -0.2) is 35.6 Å². The van der Waals surface area contributed by atoms with E-state index in [9.17, 15) is 14.0 Å². The summed E-state index contributed by atoms with van der Waals surface area (Å²) in [4.78, 5) is 28.7. The summed E-state index contributed by atoms with van der Waals surface area (Å²) in [5.74, 6) is 0.708. The van der Waals surface area contributed by atoms with Crippen molar-refractivity contribution in [3.05, 3.63) is 86.0 Å². The molecule has 1 N–H and O–H groups in total. The third-order valence-corrected chi connectivity index (χ3v) is 7.81. The van der Waals surface area contributed by atoms with E-state index in [1.807, 2.05) is 12.1 Å². The first-order chi connectivity index (χ1) is 17.8. The Kier molecular flexibility index (Phi) is 7.45. The van der Waals surface area contributed by atoms with Gasteiger partial charge in [0, 0.05) is 37.6 Å². The van der Waals surface area contributed by atoms with E-state index in [1.54, 1.807) is 33.9 Å². The van der Waals surface area contributed by atoms with Crippen LogP contribution in [0.4, 0.5) is 15.8 Å². The highest BCUT2D eigenvalue weighted by Gasteiger charge is 2.30. The van der Waals surface area contributed by atoms with Crippen molar-refractivity contribution in [2.75, 3.05) is 25.5 Å². The second-order valence-electron chi connectivity index (χ2n) is 9.72. The maximum atomic E-state index is 13.8. The Morgan fingerprint density at radius 1 is 1.08 bits per heavy atom. The van der Waals surface area contributed by atoms with Crippen molar-refractivity contribution < 1.29 is 13.9 Å². The van der Waals surface area contributed by atoms with Gasteiger partial charge in [-0.25, -0.2) is 4.39 Å². The summed E-state index contributed by atoms with van der Waals surface area (Å²) in [7, 11) is 1.52. The number of pyridine rings is 1. The first kappa shape index (κ1) is 25.6. The monoisotopic (exact) mass is 543 g/mol.